The molecule has 7 N–H and O–H groups in total. The lowest BCUT2D eigenvalue weighted by atomic mass is 10.1. The van der Waals surface area contributed by atoms with Crippen molar-refractivity contribution in [3.05, 3.63) is 40.6 Å². The smallest absolute Gasteiger partial charge is 0.239 e. The first-order valence-corrected chi connectivity index (χ1v) is 9.05. The third-order valence-corrected chi connectivity index (χ3v) is 4.84. The van der Waals surface area contributed by atoms with Crippen molar-refractivity contribution in [2.24, 2.45) is 0 Å². The van der Waals surface area contributed by atoms with E-state index in [-0.39, 0.29) is 28.0 Å². The van der Waals surface area contributed by atoms with Crippen LogP contribution in [-0.4, -0.2) is 67.0 Å². The van der Waals surface area contributed by atoms with E-state index >= 15 is 0 Å². The van der Waals surface area contributed by atoms with Gasteiger partial charge in [-0.2, -0.15) is 0 Å². The number of fused-ring (bicyclic) bond motifs is 1. The van der Waals surface area contributed by atoms with Crippen molar-refractivity contribution in [3.63, 3.8) is 0 Å². The molecule has 11 heteroatoms. The minimum atomic E-state index is -1.73. The summed E-state index contributed by atoms with van der Waals surface area (Å²) in [6.07, 6.45) is -6.29. The molecule has 1 aromatic heterocycles. The second kappa shape index (κ2) is 7.63. The molecule has 3 aromatic rings. The number of hydrogen-bond donors (Lipinski definition) is 7. The third-order valence-electron chi connectivity index (χ3n) is 4.84. The molecule has 1 aliphatic rings. The van der Waals surface area contributed by atoms with Gasteiger partial charge in [-0.1, -0.05) is 0 Å². The van der Waals surface area contributed by atoms with Crippen LogP contribution in [0, 0.1) is 0 Å². The SMILES string of the molecule is O=c1c(O[C@@H]2OC[C@@H](O)[C@@H](O)[C@@H]2O)c(-c2ccc(O)c(O)c2)oc2cc(O)cc(O)c12. The Morgan fingerprint density at radius 2 is 1.65 bits per heavy atom. The van der Waals surface area contributed by atoms with E-state index in [2.05, 4.69) is 0 Å². The standard InChI is InChI=1S/C20H18O11/c21-8-4-11(24)14-13(5-8)30-18(7-1-2-9(22)10(23)3-7)19(16(14)27)31-20-17(28)15(26)12(25)6-29-20/h1-5,12,15,17,20-26,28H,6H2/t12-,15-,17+,20+/m1/s1. The van der Waals surface area contributed by atoms with E-state index in [0.717, 1.165) is 24.3 Å². The predicted octanol–water partition coefficient (Wildman–Crippen LogP) is 0.100. The number of aliphatic hydroxyl groups is 3. The molecule has 4 atom stereocenters. The quantitative estimate of drug-likeness (QED) is 0.277. The first kappa shape index (κ1) is 20.8. The molecular weight excluding hydrogens is 416 g/mol. The molecule has 0 spiro atoms. The van der Waals surface area contributed by atoms with Crippen molar-refractivity contribution in [2.75, 3.05) is 6.61 Å². The summed E-state index contributed by atoms with van der Waals surface area (Å²) < 4.78 is 16.3. The number of ether oxygens (including phenoxy) is 2. The molecule has 1 saturated heterocycles. The molecule has 2 heterocycles. The Morgan fingerprint density at radius 1 is 0.903 bits per heavy atom. The Labute approximate surface area is 173 Å². The zero-order chi connectivity index (χ0) is 22.4. The van der Waals surface area contributed by atoms with Gasteiger partial charge in [-0.15, -0.1) is 0 Å². The average molecular weight is 434 g/mol. The maximum absolute atomic E-state index is 13.1. The number of hydrogen-bond acceptors (Lipinski definition) is 11. The lowest BCUT2D eigenvalue weighted by Gasteiger charge is -2.34. The van der Waals surface area contributed by atoms with Gasteiger partial charge in [-0.25, -0.2) is 0 Å². The van der Waals surface area contributed by atoms with Gasteiger partial charge in [0, 0.05) is 17.7 Å². The van der Waals surface area contributed by atoms with Crippen molar-refractivity contribution >= 4 is 11.0 Å². The highest BCUT2D eigenvalue weighted by Gasteiger charge is 2.40. The molecule has 0 unspecified atom stereocenters. The van der Waals surface area contributed by atoms with Gasteiger partial charge < -0.3 is 49.6 Å². The van der Waals surface area contributed by atoms with Crippen LogP contribution in [0.15, 0.2) is 39.5 Å². The molecule has 0 amide bonds. The molecular formula is C20H18O11. The summed E-state index contributed by atoms with van der Waals surface area (Å²) in [4.78, 5) is 13.1. The van der Waals surface area contributed by atoms with Gasteiger partial charge in [0.2, 0.25) is 17.5 Å². The van der Waals surface area contributed by atoms with Crippen molar-refractivity contribution < 1.29 is 49.6 Å². The Kier molecular flexibility index (Phi) is 5.11. The Bertz CT molecular complexity index is 1200. The number of rotatable bonds is 3. The van der Waals surface area contributed by atoms with Gasteiger partial charge in [0.25, 0.3) is 0 Å². The van der Waals surface area contributed by atoms with Crippen molar-refractivity contribution in [1.82, 2.24) is 0 Å². The molecule has 11 nitrogen and oxygen atoms in total. The molecule has 2 aromatic carbocycles. The second-order valence-electron chi connectivity index (χ2n) is 7.00. The molecule has 1 fully saturated rings. The molecule has 0 aliphatic carbocycles. The van der Waals surface area contributed by atoms with E-state index in [9.17, 15) is 40.5 Å². The second-order valence-corrected chi connectivity index (χ2v) is 7.00. The summed E-state index contributed by atoms with van der Waals surface area (Å²) in [7, 11) is 0. The fourth-order valence-corrected chi connectivity index (χ4v) is 3.23. The normalized spacial score (nSPS) is 23.7. The van der Waals surface area contributed by atoms with Crippen LogP contribution < -0.4 is 10.2 Å². The Balaban J connectivity index is 1.92. The van der Waals surface area contributed by atoms with Crippen molar-refractivity contribution in [2.45, 2.75) is 24.6 Å². The fraction of sp³-hybridized carbons (Fsp3) is 0.250. The third kappa shape index (κ3) is 3.59. The van der Waals surface area contributed by atoms with E-state index in [4.69, 9.17) is 13.9 Å². The largest absolute Gasteiger partial charge is 0.508 e. The van der Waals surface area contributed by atoms with E-state index in [1.165, 1.54) is 6.07 Å². The zero-order valence-corrected chi connectivity index (χ0v) is 15.7. The summed E-state index contributed by atoms with van der Waals surface area (Å²) in [5.74, 6) is -2.79. The van der Waals surface area contributed by atoms with Crippen LogP contribution >= 0.6 is 0 Å². The van der Waals surface area contributed by atoms with Crippen LogP contribution in [0.4, 0.5) is 0 Å². The van der Waals surface area contributed by atoms with Crippen LogP contribution in [0.3, 0.4) is 0 Å². The van der Waals surface area contributed by atoms with Crippen LogP contribution in [0.5, 0.6) is 28.7 Å². The molecule has 31 heavy (non-hydrogen) atoms. The molecule has 1 aliphatic heterocycles. The van der Waals surface area contributed by atoms with Gasteiger partial charge in [-0.3, -0.25) is 4.79 Å². The zero-order valence-electron chi connectivity index (χ0n) is 15.7. The van der Waals surface area contributed by atoms with Crippen molar-refractivity contribution in [3.8, 4) is 40.1 Å². The lowest BCUT2D eigenvalue weighted by molar-refractivity contribution is -0.242. The van der Waals surface area contributed by atoms with E-state index in [1.807, 2.05) is 0 Å². The summed E-state index contributed by atoms with van der Waals surface area (Å²) in [5, 5.41) is 68.6. The highest BCUT2D eigenvalue weighted by molar-refractivity contribution is 5.88. The van der Waals surface area contributed by atoms with Gasteiger partial charge >= 0.3 is 0 Å². The number of aliphatic hydroxyl groups excluding tert-OH is 3. The topological polar surface area (TPSA) is 190 Å². The summed E-state index contributed by atoms with van der Waals surface area (Å²) >= 11 is 0. The number of phenols is 4. The molecule has 0 radical (unpaired) electrons. The molecule has 0 saturated carbocycles. The maximum atomic E-state index is 13.1. The lowest BCUT2D eigenvalue weighted by Crippen LogP contribution is -2.55. The number of aromatic hydroxyl groups is 4. The Morgan fingerprint density at radius 3 is 2.35 bits per heavy atom. The summed E-state index contributed by atoms with van der Waals surface area (Å²) in [5.41, 5.74) is -1.05. The predicted molar refractivity (Wildman–Crippen MR) is 103 cm³/mol. The number of phenolic OH excluding ortho intramolecular Hbond substituents is 4. The highest BCUT2D eigenvalue weighted by atomic mass is 16.7. The molecule has 4 rings (SSSR count). The van der Waals surface area contributed by atoms with Gasteiger partial charge in [0.1, 0.15) is 40.8 Å². The van der Waals surface area contributed by atoms with Crippen LogP contribution in [0.2, 0.25) is 0 Å². The van der Waals surface area contributed by atoms with E-state index in [1.54, 1.807) is 0 Å². The highest BCUT2D eigenvalue weighted by Crippen LogP contribution is 2.39. The van der Waals surface area contributed by atoms with Crippen LogP contribution in [0.25, 0.3) is 22.3 Å². The van der Waals surface area contributed by atoms with Gasteiger partial charge in [-0.05, 0) is 18.2 Å². The minimum absolute atomic E-state index is 0.0676. The summed E-state index contributed by atoms with van der Waals surface area (Å²) in [6, 6.07) is 5.50. The van der Waals surface area contributed by atoms with Gasteiger partial charge in [0.05, 0.1) is 6.61 Å². The minimum Gasteiger partial charge on any atom is -0.508 e. The fourth-order valence-electron chi connectivity index (χ4n) is 3.23. The monoisotopic (exact) mass is 434 g/mol. The van der Waals surface area contributed by atoms with E-state index < -0.39 is 59.6 Å². The average Bonchev–Trinajstić information content (AvgIpc) is 2.71. The molecule has 164 valence electrons. The Hall–Kier alpha value is -3.51. The first-order chi connectivity index (χ1) is 14.7. The summed E-state index contributed by atoms with van der Waals surface area (Å²) in [6.45, 7) is -0.393. The number of benzene rings is 2. The first-order valence-electron chi connectivity index (χ1n) is 9.05. The van der Waals surface area contributed by atoms with Crippen LogP contribution in [-0.2, 0) is 4.74 Å². The van der Waals surface area contributed by atoms with Crippen molar-refractivity contribution in [1.29, 1.82) is 0 Å². The van der Waals surface area contributed by atoms with Crippen LogP contribution in [0.1, 0.15) is 0 Å². The van der Waals surface area contributed by atoms with E-state index in [0.29, 0.717) is 0 Å². The van der Waals surface area contributed by atoms with Gasteiger partial charge in [0.15, 0.2) is 17.3 Å². The molecule has 0 bridgehead atoms. The maximum Gasteiger partial charge on any atom is 0.239 e.